The minimum atomic E-state index is -1.35. The van der Waals surface area contributed by atoms with Gasteiger partial charge in [0.05, 0.1) is 46.5 Å². The molecule has 44 heavy (non-hydrogen) atoms. The fraction of sp³-hybridized carbons (Fsp3) is 0.273. The lowest BCUT2D eigenvalue weighted by Crippen LogP contribution is -2.34. The van der Waals surface area contributed by atoms with Crippen LogP contribution >= 0.6 is 0 Å². The Kier molecular flexibility index (Phi) is 6.78. The van der Waals surface area contributed by atoms with Crippen LogP contribution in [0.25, 0.3) is 11.0 Å². The molecule has 10 nitrogen and oxygen atoms in total. The molecule has 7 rings (SSSR count). The average molecular weight is 594 g/mol. The summed E-state index contributed by atoms with van der Waals surface area (Å²) in [5.41, 5.74) is 3.11. The van der Waals surface area contributed by atoms with Gasteiger partial charge in [-0.3, -0.25) is 4.90 Å². The van der Waals surface area contributed by atoms with Crippen molar-refractivity contribution in [3.8, 4) is 17.6 Å². The number of ether oxygens (including phenoxy) is 2. The van der Waals surface area contributed by atoms with Crippen LogP contribution in [0.5, 0.6) is 11.5 Å². The maximum atomic E-state index is 14.9. The number of hydrogen-bond donors (Lipinski definition) is 1. The Balaban J connectivity index is 1.09. The Labute approximate surface area is 251 Å². The lowest BCUT2D eigenvalue weighted by atomic mass is 9.88. The zero-order valence-electron chi connectivity index (χ0n) is 23.9. The molecule has 3 aromatic carbocycles. The van der Waals surface area contributed by atoms with Crippen molar-refractivity contribution in [2.75, 3.05) is 13.1 Å². The van der Waals surface area contributed by atoms with E-state index < -0.39 is 17.6 Å². The Morgan fingerprint density at radius 1 is 1.14 bits per heavy atom. The monoisotopic (exact) mass is 593 g/mol. The van der Waals surface area contributed by atoms with Crippen molar-refractivity contribution in [1.29, 1.82) is 5.26 Å². The molecule has 1 N–H and O–H groups in total. The van der Waals surface area contributed by atoms with E-state index in [-0.39, 0.29) is 22.6 Å². The summed E-state index contributed by atoms with van der Waals surface area (Å²) in [5, 5.41) is 18.7. The quantitative estimate of drug-likeness (QED) is 0.249. The summed E-state index contributed by atoms with van der Waals surface area (Å²) in [5.74, 6) is -0.182. The van der Waals surface area contributed by atoms with Crippen LogP contribution in [0.15, 0.2) is 71.5 Å². The number of imidazole rings is 1. The summed E-state index contributed by atoms with van der Waals surface area (Å²) in [6.45, 7) is 4.21. The molecule has 0 saturated carbocycles. The van der Waals surface area contributed by atoms with Gasteiger partial charge in [-0.05, 0) is 74.3 Å². The standard InChI is InChI=1S/C33H28FN5O5/c1-33(24-7-5-20(17-35)15-25(24)34)43-28-4-2-3-23(31(28)44-33)21-9-12-38(13-10-21)18-29-37-26-8-6-22(32(40)41)16-27(26)39(29)19-30-36-11-14-42-30/h2-8,11,14-16,21H,9-10,12-13,18-19H2,1H3,(H,40,41). The molecule has 1 unspecified atom stereocenters. The third kappa shape index (κ3) is 4.93. The number of carboxylic acids is 1. The molecular formula is C33H28FN5O5. The number of nitrogens with zero attached hydrogens (tertiary/aromatic N) is 5. The predicted octanol–water partition coefficient (Wildman–Crippen LogP) is 5.81. The van der Waals surface area contributed by atoms with Crippen molar-refractivity contribution in [1.82, 2.24) is 19.4 Å². The third-order valence-corrected chi connectivity index (χ3v) is 8.44. The van der Waals surface area contributed by atoms with Gasteiger partial charge in [-0.25, -0.2) is 19.2 Å². The molecular weight excluding hydrogens is 565 g/mol. The number of likely N-dealkylation sites (tertiary alicyclic amines) is 1. The minimum absolute atomic E-state index is 0.193. The molecule has 5 aromatic rings. The summed E-state index contributed by atoms with van der Waals surface area (Å²) in [6, 6.07) is 17.0. The van der Waals surface area contributed by atoms with E-state index in [1.807, 2.05) is 28.8 Å². The van der Waals surface area contributed by atoms with Crippen molar-refractivity contribution < 1.29 is 28.2 Å². The molecule has 0 spiro atoms. The fourth-order valence-corrected chi connectivity index (χ4v) is 6.20. The normalized spacial score (nSPS) is 18.5. The first-order valence-electron chi connectivity index (χ1n) is 14.4. The maximum absolute atomic E-state index is 14.9. The highest BCUT2D eigenvalue weighted by molar-refractivity contribution is 5.92. The number of aromatic nitrogens is 3. The molecule has 1 atom stereocenters. The first-order chi connectivity index (χ1) is 21.3. The molecule has 1 saturated heterocycles. The molecule has 222 valence electrons. The van der Waals surface area contributed by atoms with Gasteiger partial charge in [0.25, 0.3) is 5.79 Å². The van der Waals surface area contributed by atoms with Crippen molar-refractivity contribution in [3.63, 3.8) is 0 Å². The number of benzene rings is 3. The molecule has 11 heteroatoms. The van der Waals surface area contributed by atoms with E-state index >= 15 is 0 Å². The highest BCUT2D eigenvalue weighted by Crippen LogP contribution is 2.49. The number of fused-ring (bicyclic) bond motifs is 2. The van der Waals surface area contributed by atoms with E-state index in [0.717, 1.165) is 37.3 Å². The van der Waals surface area contributed by atoms with E-state index in [2.05, 4.69) is 9.88 Å². The second kappa shape index (κ2) is 10.8. The molecule has 4 heterocycles. The number of aromatic carboxylic acids is 1. The van der Waals surface area contributed by atoms with Crippen LogP contribution in [-0.2, 0) is 18.9 Å². The first kappa shape index (κ1) is 27.6. The lowest BCUT2D eigenvalue weighted by Gasteiger charge is -2.32. The van der Waals surface area contributed by atoms with Gasteiger partial charge in [0.2, 0.25) is 5.89 Å². The zero-order valence-corrected chi connectivity index (χ0v) is 23.9. The van der Waals surface area contributed by atoms with Crippen molar-refractivity contribution in [3.05, 3.63) is 107 Å². The van der Waals surface area contributed by atoms with E-state index in [9.17, 15) is 14.3 Å². The molecule has 0 aliphatic carbocycles. The highest BCUT2D eigenvalue weighted by atomic mass is 19.1. The van der Waals surface area contributed by atoms with Crippen LogP contribution in [-0.4, -0.2) is 43.6 Å². The molecule has 2 aliphatic rings. The summed E-state index contributed by atoms with van der Waals surface area (Å²) in [6.07, 6.45) is 4.83. The number of oxazole rings is 1. The largest absolute Gasteiger partial charge is 0.478 e. The maximum Gasteiger partial charge on any atom is 0.335 e. The summed E-state index contributed by atoms with van der Waals surface area (Å²) >= 11 is 0. The van der Waals surface area contributed by atoms with Gasteiger partial charge >= 0.3 is 5.97 Å². The fourth-order valence-electron chi connectivity index (χ4n) is 6.20. The number of nitriles is 1. The summed E-state index contributed by atoms with van der Waals surface area (Å²) < 4.78 is 34.9. The van der Waals surface area contributed by atoms with Crippen LogP contribution in [0.1, 0.15) is 64.4 Å². The number of hydrogen-bond acceptors (Lipinski definition) is 8. The van der Waals surface area contributed by atoms with Crippen LogP contribution in [0.3, 0.4) is 0 Å². The average Bonchev–Trinajstić information content (AvgIpc) is 3.75. The zero-order chi connectivity index (χ0) is 30.4. The van der Waals surface area contributed by atoms with Gasteiger partial charge in [0.1, 0.15) is 24.4 Å². The van der Waals surface area contributed by atoms with E-state index in [1.165, 1.54) is 18.4 Å². The lowest BCUT2D eigenvalue weighted by molar-refractivity contribution is -0.0712. The number of piperidine rings is 1. The van der Waals surface area contributed by atoms with E-state index in [0.29, 0.717) is 41.5 Å². The van der Waals surface area contributed by atoms with Crippen molar-refractivity contribution >= 4 is 17.0 Å². The highest BCUT2D eigenvalue weighted by Gasteiger charge is 2.43. The topological polar surface area (TPSA) is 127 Å². The number of halogens is 1. The molecule has 2 aromatic heterocycles. The van der Waals surface area contributed by atoms with E-state index in [1.54, 1.807) is 37.4 Å². The number of carboxylic acid groups (broad SMARTS) is 1. The third-order valence-electron chi connectivity index (χ3n) is 8.44. The second-order valence-corrected chi connectivity index (χ2v) is 11.2. The van der Waals surface area contributed by atoms with Gasteiger partial charge in [0, 0.05) is 12.5 Å². The molecule has 2 aliphatic heterocycles. The van der Waals surface area contributed by atoms with Gasteiger partial charge in [-0.15, -0.1) is 0 Å². The first-order valence-corrected chi connectivity index (χ1v) is 14.4. The number of carbonyl (C=O) groups is 1. The molecule has 0 amide bonds. The van der Waals surface area contributed by atoms with Crippen LogP contribution in [0, 0.1) is 17.1 Å². The molecule has 1 fully saturated rings. The SMILES string of the molecule is CC1(c2ccc(C#N)cc2F)Oc2cccc(C3CCN(Cc4nc5ccc(C(=O)O)cc5n4Cc4ncco4)CC3)c2O1. The van der Waals surface area contributed by atoms with Crippen LogP contribution in [0.4, 0.5) is 4.39 Å². The summed E-state index contributed by atoms with van der Waals surface area (Å²) in [7, 11) is 0. The Hall–Kier alpha value is -5.21. The predicted molar refractivity (Wildman–Crippen MR) is 156 cm³/mol. The Bertz CT molecular complexity index is 1920. The summed E-state index contributed by atoms with van der Waals surface area (Å²) in [4.78, 5) is 23.1. The van der Waals surface area contributed by atoms with Gasteiger partial charge < -0.3 is 23.6 Å². The van der Waals surface area contributed by atoms with Crippen molar-refractivity contribution in [2.24, 2.45) is 0 Å². The number of para-hydroxylation sites is 1. The van der Waals surface area contributed by atoms with Gasteiger partial charge in [0.15, 0.2) is 11.5 Å². The Morgan fingerprint density at radius 2 is 1.98 bits per heavy atom. The van der Waals surface area contributed by atoms with Crippen molar-refractivity contribution in [2.45, 2.75) is 44.6 Å². The number of rotatable bonds is 7. The van der Waals surface area contributed by atoms with Crippen LogP contribution < -0.4 is 9.47 Å². The smallest absolute Gasteiger partial charge is 0.335 e. The molecule has 0 radical (unpaired) electrons. The van der Waals surface area contributed by atoms with Gasteiger partial charge in [-0.1, -0.05) is 12.1 Å². The second-order valence-electron chi connectivity index (χ2n) is 11.2. The minimum Gasteiger partial charge on any atom is -0.478 e. The molecule has 0 bridgehead atoms. The Morgan fingerprint density at radius 3 is 2.70 bits per heavy atom. The van der Waals surface area contributed by atoms with Crippen LogP contribution in [0.2, 0.25) is 0 Å². The van der Waals surface area contributed by atoms with Gasteiger partial charge in [-0.2, -0.15) is 5.26 Å². The van der Waals surface area contributed by atoms with E-state index in [4.69, 9.17) is 24.1 Å².